The normalized spacial score (nSPS) is 12.2. The first-order chi connectivity index (χ1) is 8.59. The third-order valence-electron chi connectivity index (χ3n) is 3.04. The third kappa shape index (κ3) is 2.45. The molecule has 0 bridgehead atoms. The fourth-order valence-electron chi connectivity index (χ4n) is 1.85. The number of carbonyl (C=O) groups excluding carboxylic acids is 1. The van der Waals surface area contributed by atoms with Crippen molar-refractivity contribution >= 4 is 5.78 Å². The Morgan fingerprint density at radius 2 is 1.89 bits per heavy atom. The van der Waals surface area contributed by atoms with Crippen LogP contribution in [0.15, 0.2) is 42.7 Å². The number of aryl methyl sites for hydroxylation is 1. The molecule has 2 nitrogen and oxygen atoms in total. The Morgan fingerprint density at radius 3 is 2.50 bits per heavy atom. The molecule has 1 unspecified atom stereocenters. The molecule has 0 aliphatic rings. The number of ketones is 1. The fourth-order valence-corrected chi connectivity index (χ4v) is 1.85. The van der Waals surface area contributed by atoms with Crippen molar-refractivity contribution in [2.24, 2.45) is 0 Å². The number of aromatic nitrogens is 1. The van der Waals surface area contributed by atoms with Crippen molar-refractivity contribution in [1.29, 1.82) is 0 Å². The number of Topliss-reactive ketones (excluding diaryl/α,β-unsaturated/α-hetero) is 1. The molecule has 0 spiro atoms. The number of hydrogen-bond donors (Lipinski definition) is 0. The van der Waals surface area contributed by atoms with Gasteiger partial charge in [0.1, 0.15) is 5.82 Å². The van der Waals surface area contributed by atoms with Gasteiger partial charge in [0, 0.05) is 23.9 Å². The van der Waals surface area contributed by atoms with E-state index in [4.69, 9.17) is 0 Å². The molecule has 18 heavy (non-hydrogen) atoms. The summed E-state index contributed by atoms with van der Waals surface area (Å²) in [7, 11) is 0. The minimum Gasteiger partial charge on any atom is -0.294 e. The molecular formula is C15H14FNO. The number of carbonyl (C=O) groups is 1. The highest BCUT2D eigenvalue weighted by atomic mass is 19.1. The largest absolute Gasteiger partial charge is 0.294 e. The van der Waals surface area contributed by atoms with E-state index in [9.17, 15) is 9.18 Å². The van der Waals surface area contributed by atoms with Crippen LogP contribution in [0, 0.1) is 12.7 Å². The molecule has 2 rings (SSSR count). The van der Waals surface area contributed by atoms with Gasteiger partial charge >= 0.3 is 0 Å². The summed E-state index contributed by atoms with van der Waals surface area (Å²) in [5.41, 5.74) is 1.94. The van der Waals surface area contributed by atoms with Gasteiger partial charge in [-0.05, 0) is 48.4 Å². The molecule has 92 valence electrons. The second-order valence-corrected chi connectivity index (χ2v) is 4.33. The van der Waals surface area contributed by atoms with E-state index in [0.29, 0.717) is 11.1 Å². The molecule has 2 aromatic rings. The molecular weight excluding hydrogens is 229 g/mol. The highest BCUT2D eigenvalue weighted by molar-refractivity contribution is 6.00. The first-order valence-corrected chi connectivity index (χ1v) is 5.80. The topological polar surface area (TPSA) is 30.0 Å². The van der Waals surface area contributed by atoms with E-state index >= 15 is 0 Å². The minimum absolute atomic E-state index is 0.00991. The summed E-state index contributed by atoms with van der Waals surface area (Å²) in [5, 5.41) is 0. The number of nitrogens with zero attached hydrogens (tertiary/aromatic N) is 1. The average Bonchev–Trinajstić information content (AvgIpc) is 2.41. The van der Waals surface area contributed by atoms with Crippen LogP contribution in [0.25, 0.3) is 0 Å². The second-order valence-electron chi connectivity index (χ2n) is 4.33. The molecule has 0 radical (unpaired) electrons. The Labute approximate surface area is 105 Å². The second kappa shape index (κ2) is 5.08. The molecule has 0 saturated carbocycles. The van der Waals surface area contributed by atoms with Crippen LogP contribution in [0.1, 0.15) is 34.3 Å². The minimum atomic E-state index is -0.289. The molecule has 1 heterocycles. The fraction of sp³-hybridized carbons (Fsp3) is 0.200. The van der Waals surface area contributed by atoms with Crippen molar-refractivity contribution in [3.63, 3.8) is 0 Å². The summed E-state index contributed by atoms with van der Waals surface area (Å²) in [4.78, 5) is 16.2. The van der Waals surface area contributed by atoms with Gasteiger partial charge in [-0.25, -0.2) is 4.39 Å². The zero-order chi connectivity index (χ0) is 13.1. The van der Waals surface area contributed by atoms with Crippen LogP contribution in [0.3, 0.4) is 0 Å². The Hall–Kier alpha value is -2.03. The van der Waals surface area contributed by atoms with Crippen LogP contribution in [0.5, 0.6) is 0 Å². The van der Waals surface area contributed by atoms with Crippen LogP contribution in [0.4, 0.5) is 4.39 Å². The maximum atomic E-state index is 13.2. The van der Waals surface area contributed by atoms with Gasteiger partial charge in [0.05, 0.1) is 0 Å². The molecule has 0 aliphatic carbocycles. The van der Waals surface area contributed by atoms with E-state index in [0.717, 1.165) is 5.56 Å². The molecule has 0 amide bonds. The number of benzene rings is 1. The lowest BCUT2D eigenvalue weighted by atomic mass is 9.92. The lowest BCUT2D eigenvalue weighted by Gasteiger charge is -2.11. The van der Waals surface area contributed by atoms with Crippen molar-refractivity contribution in [3.05, 3.63) is 65.2 Å². The Morgan fingerprint density at radius 1 is 1.22 bits per heavy atom. The number of rotatable bonds is 3. The first kappa shape index (κ1) is 12.4. The summed E-state index contributed by atoms with van der Waals surface area (Å²) in [6.45, 7) is 3.50. The van der Waals surface area contributed by atoms with E-state index in [2.05, 4.69) is 4.98 Å². The molecule has 0 saturated heterocycles. The summed E-state index contributed by atoms with van der Waals surface area (Å²) in [6, 6.07) is 8.09. The third-order valence-corrected chi connectivity index (χ3v) is 3.04. The van der Waals surface area contributed by atoms with Crippen molar-refractivity contribution in [2.45, 2.75) is 19.8 Å². The summed E-state index contributed by atoms with van der Waals surface area (Å²) in [6.07, 6.45) is 3.32. The smallest absolute Gasteiger partial charge is 0.170 e. The Bertz CT molecular complexity index is 566. The summed E-state index contributed by atoms with van der Waals surface area (Å²) >= 11 is 0. The summed E-state index contributed by atoms with van der Waals surface area (Å²) in [5.74, 6) is -0.551. The number of pyridine rings is 1. The van der Waals surface area contributed by atoms with Gasteiger partial charge in [0.2, 0.25) is 0 Å². The van der Waals surface area contributed by atoms with Gasteiger partial charge in [-0.3, -0.25) is 9.78 Å². The van der Waals surface area contributed by atoms with Gasteiger partial charge in [-0.15, -0.1) is 0 Å². The van der Waals surface area contributed by atoms with Crippen molar-refractivity contribution in [2.75, 3.05) is 0 Å². The molecule has 3 heteroatoms. The van der Waals surface area contributed by atoms with E-state index in [1.165, 1.54) is 12.1 Å². The lowest BCUT2D eigenvalue weighted by molar-refractivity contribution is 0.0966. The van der Waals surface area contributed by atoms with Gasteiger partial charge in [0.15, 0.2) is 5.78 Å². The molecule has 1 atom stereocenters. The van der Waals surface area contributed by atoms with Crippen molar-refractivity contribution in [3.8, 4) is 0 Å². The molecule has 0 N–H and O–H groups in total. The molecule has 0 fully saturated rings. The van der Waals surface area contributed by atoms with E-state index < -0.39 is 0 Å². The Kier molecular flexibility index (Phi) is 3.51. The highest BCUT2D eigenvalue weighted by Crippen LogP contribution is 2.21. The van der Waals surface area contributed by atoms with Crippen LogP contribution in [0.2, 0.25) is 0 Å². The zero-order valence-electron chi connectivity index (χ0n) is 10.4. The zero-order valence-corrected chi connectivity index (χ0v) is 10.4. The Balaban J connectivity index is 2.29. The average molecular weight is 243 g/mol. The van der Waals surface area contributed by atoms with Gasteiger partial charge in [-0.2, -0.15) is 0 Å². The number of hydrogen-bond acceptors (Lipinski definition) is 2. The van der Waals surface area contributed by atoms with E-state index in [1.54, 1.807) is 25.4 Å². The highest BCUT2D eigenvalue weighted by Gasteiger charge is 2.17. The standard InChI is InChI=1S/C15H14FNO/c1-10-9-13(3-4-14(10)16)15(18)11(2)12-5-7-17-8-6-12/h3-9,11H,1-2H3. The van der Waals surface area contributed by atoms with Crippen molar-refractivity contribution < 1.29 is 9.18 Å². The quantitative estimate of drug-likeness (QED) is 0.772. The number of halogens is 1. The lowest BCUT2D eigenvalue weighted by Crippen LogP contribution is -2.10. The van der Waals surface area contributed by atoms with Crippen LogP contribution >= 0.6 is 0 Å². The monoisotopic (exact) mass is 243 g/mol. The van der Waals surface area contributed by atoms with Crippen LogP contribution in [-0.4, -0.2) is 10.8 Å². The molecule has 1 aromatic carbocycles. The maximum Gasteiger partial charge on any atom is 0.170 e. The SMILES string of the molecule is Cc1cc(C(=O)C(C)c2ccncc2)ccc1F. The predicted octanol–water partition coefficient (Wildman–Crippen LogP) is 3.52. The summed E-state index contributed by atoms with van der Waals surface area (Å²) < 4.78 is 13.2. The van der Waals surface area contributed by atoms with Gasteiger partial charge < -0.3 is 0 Å². The molecule has 0 aliphatic heterocycles. The first-order valence-electron chi connectivity index (χ1n) is 5.80. The van der Waals surface area contributed by atoms with E-state index in [-0.39, 0.29) is 17.5 Å². The van der Waals surface area contributed by atoms with Gasteiger partial charge in [0.25, 0.3) is 0 Å². The van der Waals surface area contributed by atoms with E-state index in [1.807, 2.05) is 19.1 Å². The van der Waals surface area contributed by atoms with Gasteiger partial charge in [-0.1, -0.05) is 6.92 Å². The molecule has 1 aromatic heterocycles. The van der Waals surface area contributed by atoms with Crippen molar-refractivity contribution in [1.82, 2.24) is 4.98 Å². The maximum absolute atomic E-state index is 13.2. The van der Waals surface area contributed by atoms with Crippen LogP contribution < -0.4 is 0 Å². The predicted molar refractivity (Wildman–Crippen MR) is 68.1 cm³/mol. The van der Waals surface area contributed by atoms with Crippen LogP contribution in [-0.2, 0) is 0 Å².